The monoisotopic (exact) mass is 300 g/mol. The number of carbonyl (C=O) groups is 1. The maximum atomic E-state index is 11.7. The second-order valence-electron chi connectivity index (χ2n) is 3.90. The van der Waals surface area contributed by atoms with Crippen molar-refractivity contribution in [1.29, 1.82) is 0 Å². The van der Waals surface area contributed by atoms with Crippen LogP contribution in [0.5, 0.6) is 0 Å². The molecule has 1 N–H and O–H groups in total. The van der Waals surface area contributed by atoms with Crippen LogP contribution in [0.25, 0.3) is 0 Å². The standard InChI is InChI=1S/C12H13BrO2S/c13-9-3-1-2-8(6-9)12(15)10-7-16-5-4-11(10)14/h1-3,6,10,12,15H,4-5,7H2/t10-,12+/m0/s1. The number of aliphatic hydroxyl groups excluding tert-OH is 1. The van der Waals surface area contributed by atoms with Crippen LogP contribution in [0.4, 0.5) is 0 Å². The summed E-state index contributed by atoms with van der Waals surface area (Å²) in [6, 6.07) is 7.52. The van der Waals surface area contributed by atoms with Crippen molar-refractivity contribution in [2.75, 3.05) is 11.5 Å². The highest BCUT2D eigenvalue weighted by molar-refractivity contribution is 9.10. The van der Waals surface area contributed by atoms with Gasteiger partial charge in [-0.2, -0.15) is 11.8 Å². The lowest BCUT2D eigenvalue weighted by Crippen LogP contribution is -2.28. The topological polar surface area (TPSA) is 37.3 Å². The summed E-state index contributed by atoms with van der Waals surface area (Å²) in [5, 5.41) is 10.2. The first kappa shape index (κ1) is 12.1. The van der Waals surface area contributed by atoms with Crippen LogP contribution in [-0.4, -0.2) is 22.4 Å². The lowest BCUT2D eigenvalue weighted by molar-refractivity contribution is -0.125. The molecule has 1 saturated heterocycles. The van der Waals surface area contributed by atoms with Gasteiger partial charge in [0, 0.05) is 22.4 Å². The minimum Gasteiger partial charge on any atom is -0.388 e. The zero-order valence-corrected chi connectivity index (χ0v) is 11.1. The molecule has 0 bridgehead atoms. The van der Waals surface area contributed by atoms with Gasteiger partial charge in [-0.15, -0.1) is 0 Å². The highest BCUT2D eigenvalue weighted by atomic mass is 79.9. The predicted molar refractivity (Wildman–Crippen MR) is 69.5 cm³/mol. The number of thioether (sulfide) groups is 1. The molecule has 0 saturated carbocycles. The molecule has 0 aliphatic carbocycles. The third kappa shape index (κ3) is 2.67. The first-order valence-corrected chi connectivity index (χ1v) is 7.17. The Hall–Kier alpha value is -0.320. The van der Waals surface area contributed by atoms with Gasteiger partial charge in [-0.25, -0.2) is 0 Å². The number of halogens is 1. The van der Waals surface area contributed by atoms with Crippen molar-refractivity contribution in [3.05, 3.63) is 34.3 Å². The van der Waals surface area contributed by atoms with Crippen molar-refractivity contribution in [1.82, 2.24) is 0 Å². The Balaban J connectivity index is 2.17. The number of hydrogen-bond acceptors (Lipinski definition) is 3. The van der Waals surface area contributed by atoms with E-state index in [0.717, 1.165) is 21.5 Å². The van der Waals surface area contributed by atoms with E-state index in [1.54, 1.807) is 11.8 Å². The van der Waals surface area contributed by atoms with Gasteiger partial charge in [-0.3, -0.25) is 4.79 Å². The summed E-state index contributed by atoms with van der Waals surface area (Å²) in [7, 11) is 0. The molecule has 1 heterocycles. The van der Waals surface area contributed by atoms with E-state index < -0.39 is 6.10 Å². The Morgan fingerprint density at radius 3 is 3.00 bits per heavy atom. The highest BCUT2D eigenvalue weighted by Crippen LogP contribution is 2.31. The number of hydrogen-bond donors (Lipinski definition) is 1. The molecule has 16 heavy (non-hydrogen) atoms. The average molecular weight is 301 g/mol. The first-order chi connectivity index (χ1) is 7.68. The van der Waals surface area contributed by atoms with Crippen LogP contribution < -0.4 is 0 Å². The Bertz CT molecular complexity index is 394. The Labute approximate surface area is 108 Å². The molecule has 1 aliphatic rings. The van der Waals surface area contributed by atoms with E-state index >= 15 is 0 Å². The van der Waals surface area contributed by atoms with E-state index in [-0.39, 0.29) is 11.7 Å². The van der Waals surface area contributed by atoms with Gasteiger partial charge in [0.05, 0.1) is 12.0 Å². The summed E-state index contributed by atoms with van der Waals surface area (Å²) in [4.78, 5) is 11.7. The van der Waals surface area contributed by atoms with E-state index in [4.69, 9.17) is 0 Å². The average Bonchev–Trinajstić information content (AvgIpc) is 2.29. The summed E-state index contributed by atoms with van der Waals surface area (Å²) in [5.41, 5.74) is 0.815. The minimum atomic E-state index is -0.669. The van der Waals surface area contributed by atoms with Gasteiger partial charge in [0.15, 0.2) is 0 Å². The summed E-state index contributed by atoms with van der Waals surface area (Å²) >= 11 is 5.11. The normalized spacial score (nSPS) is 23.1. The summed E-state index contributed by atoms with van der Waals surface area (Å²) in [5.74, 6) is 1.56. The Kier molecular flexibility index (Phi) is 4.05. The second-order valence-corrected chi connectivity index (χ2v) is 5.96. The molecule has 0 spiro atoms. The van der Waals surface area contributed by atoms with Gasteiger partial charge < -0.3 is 5.11 Å². The number of Topliss-reactive ketones (excluding diaryl/α,β-unsaturated/α-hetero) is 1. The molecule has 2 rings (SSSR count). The zero-order chi connectivity index (χ0) is 11.5. The molecule has 0 unspecified atom stereocenters. The van der Waals surface area contributed by atoms with Gasteiger partial charge in [0.1, 0.15) is 5.78 Å². The van der Waals surface area contributed by atoms with Crippen molar-refractivity contribution >= 4 is 33.5 Å². The molecule has 86 valence electrons. The smallest absolute Gasteiger partial charge is 0.140 e. The summed E-state index contributed by atoms with van der Waals surface area (Å²) < 4.78 is 0.931. The molecule has 0 aromatic heterocycles. The lowest BCUT2D eigenvalue weighted by atomic mass is 9.92. The van der Waals surface area contributed by atoms with Gasteiger partial charge in [-0.1, -0.05) is 28.1 Å². The van der Waals surface area contributed by atoms with Crippen LogP contribution in [0.2, 0.25) is 0 Å². The van der Waals surface area contributed by atoms with Crippen molar-refractivity contribution in [3.8, 4) is 0 Å². The van der Waals surface area contributed by atoms with Crippen LogP contribution in [0.15, 0.2) is 28.7 Å². The quantitative estimate of drug-likeness (QED) is 0.912. The van der Waals surface area contributed by atoms with E-state index in [0.29, 0.717) is 6.42 Å². The number of rotatable bonds is 2. The van der Waals surface area contributed by atoms with E-state index in [2.05, 4.69) is 15.9 Å². The fourth-order valence-corrected chi connectivity index (χ4v) is 3.40. The van der Waals surface area contributed by atoms with Crippen molar-refractivity contribution in [2.24, 2.45) is 5.92 Å². The van der Waals surface area contributed by atoms with Gasteiger partial charge in [-0.05, 0) is 17.7 Å². The lowest BCUT2D eigenvalue weighted by Gasteiger charge is -2.25. The maximum absolute atomic E-state index is 11.7. The molecule has 4 heteroatoms. The van der Waals surface area contributed by atoms with Crippen LogP contribution in [-0.2, 0) is 4.79 Å². The van der Waals surface area contributed by atoms with Crippen molar-refractivity contribution in [3.63, 3.8) is 0 Å². The van der Waals surface area contributed by atoms with Crippen LogP contribution in [0.1, 0.15) is 18.1 Å². The number of ketones is 1. The van der Waals surface area contributed by atoms with Crippen molar-refractivity contribution < 1.29 is 9.90 Å². The van der Waals surface area contributed by atoms with Gasteiger partial charge >= 0.3 is 0 Å². The molecule has 2 nitrogen and oxygen atoms in total. The van der Waals surface area contributed by atoms with E-state index in [9.17, 15) is 9.90 Å². The molecule has 2 atom stereocenters. The van der Waals surface area contributed by atoms with Crippen LogP contribution in [0.3, 0.4) is 0 Å². The molecule has 1 aromatic carbocycles. The Morgan fingerprint density at radius 1 is 1.50 bits per heavy atom. The van der Waals surface area contributed by atoms with Gasteiger partial charge in [0.25, 0.3) is 0 Å². The zero-order valence-electron chi connectivity index (χ0n) is 8.73. The number of aliphatic hydroxyl groups is 1. The molecular weight excluding hydrogens is 288 g/mol. The molecule has 1 aliphatic heterocycles. The van der Waals surface area contributed by atoms with Crippen LogP contribution in [0, 0.1) is 5.92 Å². The summed E-state index contributed by atoms with van der Waals surface area (Å²) in [6.07, 6.45) is -0.0850. The van der Waals surface area contributed by atoms with E-state index in [1.807, 2.05) is 24.3 Å². The van der Waals surface area contributed by atoms with Gasteiger partial charge in [0.2, 0.25) is 0 Å². The largest absolute Gasteiger partial charge is 0.388 e. The molecular formula is C12H13BrO2S. The SMILES string of the molecule is O=C1CCSC[C@@H]1[C@H](O)c1cccc(Br)c1. The van der Waals surface area contributed by atoms with Crippen LogP contribution >= 0.6 is 27.7 Å². The minimum absolute atomic E-state index is 0.186. The number of carbonyl (C=O) groups excluding carboxylic acids is 1. The number of benzene rings is 1. The maximum Gasteiger partial charge on any atom is 0.140 e. The molecule has 0 radical (unpaired) electrons. The third-order valence-electron chi connectivity index (χ3n) is 2.78. The molecule has 1 fully saturated rings. The fraction of sp³-hybridized carbons (Fsp3) is 0.417. The van der Waals surface area contributed by atoms with E-state index in [1.165, 1.54) is 0 Å². The Morgan fingerprint density at radius 2 is 2.31 bits per heavy atom. The highest BCUT2D eigenvalue weighted by Gasteiger charge is 2.30. The summed E-state index contributed by atoms with van der Waals surface area (Å²) in [6.45, 7) is 0. The molecule has 0 amide bonds. The predicted octanol–water partition coefficient (Wildman–Crippen LogP) is 2.80. The van der Waals surface area contributed by atoms with Crippen molar-refractivity contribution in [2.45, 2.75) is 12.5 Å². The third-order valence-corrected chi connectivity index (χ3v) is 4.36. The second kappa shape index (κ2) is 5.34. The fourth-order valence-electron chi connectivity index (χ4n) is 1.85. The first-order valence-electron chi connectivity index (χ1n) is 5.22. The molecule has 1 aromatic rings.